The normalized spacial score (nSPS) is 12.8. The highest BCUT2D eigenvalue weighted by atomic mass is 32.1. The number of furan rings is 2. The molecule has 0 saturated carbocycles. The third-order valence-corrected chi connectivity index (χ3v) is 6.03. The molecule has 0 aliphatic carbocycles. The van der Waals surface area contributed by atoms with Gasteiger partial charge in [-0.3, -0.25) is 4.99 Å². The summed E-state index contributed by atoms with van der Waals surface area (Å²) in [6.45, 7) is 4.49. The topological polar surface area (TPSA) is 128 Å². The predicted octanol–water partition coefficient (Wildman–Crippen LogP) is 6.19. The summed E-state index contributed by atoms with van der Waals surface area (Å²) in [7, 11) is 0. The average Bonchev–Trinajstić information content (AvgIpc) is 3.64. The lowest BCUT2D eigenvalue weighted by Crippen LogP contribution is -2.14. The Labute approximate surface area is 211 Å². The Morgan fingerprint density at radius 3 is 1.92 bits per heavy atom. The number of hydrogen-bond acceptors (Lipinski definition) is 9. The third-order valence-electron chi connectivity index (χ3n) is 4.85. The minimum absolute atomic E-state index is 0.00325. The molecule has 0 fully saturated rings. The summed E-state index contributed by atoms with van der Waals surface area (Å²) in [4.78, 5) is 5.25. The molecule has 1 aliphatic rings. The number of nitriles is 3. The molecule has 4 heterocycles. The molecule has 3 aromatic heterocycles. The van der Waals surface area contributed by atoms with Gasteiger partial charge in [0.15, 0.2) is 11.5 Å². The molecule has 0 spiro atoms. The average molecular weight is 495 g/mol. The minimum atomic E-state index is 0.00325. The molecule has 0 aromatic carbocycles. The monoisotopic (exact) mass is 494 g/mol. The lowest BCUT2D eigenvalue weighted by atomic mass is 10.2. The van der Waals surface area contributed by atoms with Crippen molar-refractivity contribution in [2.45, 2.75) is 0 Å². The smallest absolute Gasteiger partial charge is 0.183 e. The molecule has 0 atom stereocenters. The van der Waals surface area contributed by atoms with E-state index in [1.807, 2.05) is 18.2 Å². The Bertz CT molecular complexity index is 1510. The highest BCUT2D eigenvalue weighted by Gasteiger charge is 2.29. The van der Waals surface area contributed by atoms with Crippen molar-refractivity contribution in [3.63, 3.8) is 0 Å². The van der Waals surface area contributed by atoms with E-state index in [9.17, 15) is 0 Å². The van der Waals surface area contributed by atoms with Gasteiger partial charge in [0.25, 0.3) is 0 Å². The second-order valence-corrected chi connectivity index (χ2v) is 8.25. The van der Waals surface area contributed by atoms with Crippen LogP contribution in [0.5, 0.6) is 11.5 Å². The number of nitrogens with zero attached hydrogens (tertiary/aromatic N) is 4. The van der Waals surface area contributed by atoms with E-state index in [2.05, 4.69) is 17.8 Å². The SMILES string of the molecule is C=NC/C(C#N)=C/C=C/c1ccc(-c2sc(-c3ccc(/C=C/C=C(C#N)C#N)o3)c3c2OCCO3)o1. The molecule has 4 rings (SSSR count). The van der Waals surface area contributed by atoms with Crippen molar-refractivity contribution < 1.29 is 18.3 Å². The molecule has 0 radical (unpaired) electrons. The van der Waals surface area contributed by atoms with Gasteiger partial charge in [-0.15, -0.1) is 11.3 Å². The zero-order valence-electron chi connectivity index (χ0n) is 18.9. The summed E-state index contributed by atoms with van der Waals surface area (Å²) in [6, 6.07) is 13.0. The predicted molar refractivity (Wildman–Crippen MR) is 136 cm³/mol. The lowest BCUT2D eigenvalue weighted by molar-refractivity contribution is 0.174. The Morgan fingerprint density at radius 1 is 0.861 bits per heavy atom. The van der Waals surface area contributed by atoms with E-state index >= 15 is 0 Å². The molecular weight excluding hydrogens is 476 g/mol. The van der Waals surface area contributed by atoms with Gasteiger partial charge < -0.3 is 18.3 Å². The van der Waals surface area contributed by atoms with Gasteiger partial charge in [0.05, 0.1) is 18.2 Å². The first kappa shape index (κ1) is 24.1. The number of ether oxygens (including phenoxy) is 2. The van der Waals surface area contributed by atoms with Gasteiger partial charge in [0, 0.05) is 0 Å². The molecule has 176 valence electrons. The first-order valence-corrected chi connectivity index (χ1v) is 11.5. The van der Waals surface area contributed by atoms with Crippen LogP contribution in [0.15, 0.2) is 73.5 Å². The van der Waals surface area contributed by atoms with Gasteiger partial charge in [-0.25, -0.2) is 0 Å². The van der Waals surface area contributed by atoms with E-state index in [4.69, 9.17) is 34.1 Å². The standard InChI is InChI=1S/C27H18N4O4S/c1-31-17-19(16-30)5-3-7-21-9-11-23(35-21)27-25-24(32-12-13-33-25)26(36-27)22-10-8-20(34-22)6-2-4-18(14-28)15-29/h2-11H,1,12-13,17H2/b6-2+,7-3+,19-5+. The van der Waals surface area contributed by atoms with Crippen LogP contribution in [0.1, 0.15) is 11.5 Å². The van der Waals surface area contributed by atoms with Crippen molar-refractivity contribution in [3.8, 4) is 51.0 Å². The van der Waals surface area contributed by atoms with Gasteiger partial charge in [0.2, 0.25) is 0 Å². The summed E-state index contributed by atoms with van der Waals surface area (Å²) in [6.07, 6.45) is 9.81. The number of thiophene rings is 1. The Morgan fingerprint density at radius 2 is 1.42 bits per heavy atom. The molecule has 9 heteroatoms. The first-order valence-electron chi connectivity index (χ1n) is 10.7. The molecule has 1 aliphatic heterocycles. The largest absolute Gasteiger partial charge is 0.484 e. The third kappa shape index (κ3) is 5.37. The van der Waals surface area contributed by atoms with E-state index in [1.165, 1.54) is 17.4 Å². The van der Waals surface area contributed by atoms with Crippen LogP contribution in [0.2, 0.25) is 0 Å². The molecule has 0 N–H and O–H groups in total. The van der Waals surface area contributed by atoms with Gasteiger partial charge >= 0.3 is 0 Å². The molecule has 0 saturated heterocycles. The molecule has 8 nitrogen and oxygen atoms in total. The minimum Gasteiger partial charge on any atom is -0.484 e. The maximum Gasteiger partial charge on any atom is 0.183 e. The van der Waals surface area contributed by atoms with Crippen LogP contribution >= 0.6 is 11.3 Å². The highest BCUT2D eigenvalue weighted by molar-refractivity contribution is 7.19. The van der Waals surface area contributed by atoms with E-state index in [1.54, 1.807) is 48.6 Å². The van der Waals surface area contributed by atoms with Crippen molar-refractivity contribution in [2.75, 3.05) is 19.8 Å². The second-order valence-electron chi connectivity index (χ2n) is 7.23. The van der Waals surface area contributed by atoms with Crippen molar-refractivity contribution in [2.24, 2.45) is 4.99 Å². The molecular formula is C27H18N4O4S. The fraction of sp³-hybridized carbons (Fsp3) is 0.111. The molecule has 0 bridgehead atoms. The fourth-order valence-electron chi connectivity index (χ4n) is 3.25. The number of aliphatic imine (C=N–C) groups is 1. The number of rotatable bonds is 8. The van der Waals surface area contributed by atoms with Crippen LogP contribution in [0.25, 0.3) is 33.4 Å². The van der Waals surface area contributed by atoms with Crippen LogP contribution < -0.4 is 9.47 Å². The van der Waals surface area contributed by atoms with Gasteiger partial charge in [-0.1, -0.05) is 12.2 Å². The Balaban J connectivity index is 1.61. The Kier molecular flexibility index (Phi) is 7.63. The fourth-order valence-corrected chi connectivity index (χ4v) is 4.36. The molecule has 0 unspecified atom stereocenters. The summed E-state index contributed by atoms with van der Waals surface area (Å²) >= 11 is 1.43. The quantitative estimate of drug-likeness (QED) is 0.207. The summed E-state index contributed by atoms with van der Waals surface area (Å²) in [5, 5.41) is 26.7. The van der Waals surface area contributed by atoms with E-state index in [0.29, 0.717) is 53.3 Å². The van der Waals surface area contributed by atoms with E-state index in [-0.39, 0.29) is 12.1 Å². The molecule has 0 amide bonds. The number of fused-ring (bicyclic) bond motifs is 1. The van der Waals surface area contributed by atoms with Crippen molar-refractivity contribution >= 4 is 30.2 Å². The van der Waals surface area contributed by atoms with Gasteiger partial charge in [0.1, 0.15) is 63.7 Å². The first-order chi connectivity index (χ1) is 17.7. The van der Waals surface area contributed by atoms with Crippen LogP contribution in [-0.4, -0.2) is 26.5 Å². The highest BCUT2D eigenvalue weighted by Crippen LogP contribution is 2.54. The Hall–Kier alpha value is -5.04. The van der Waals surface area contributed by atoms with Crippen molar-refractivity contribution in [1.82, 2.24) is 0 Å². The zero-order valence-corrected chi connectivity index (χ0v) is 19.7. The van der Waals surface area contributed by atoms with Crippen molar-refractivity contribution in [1.29, 1.82) is 15.8 Å². The number of allylic oxidation sites excluding steroid dienone is 5. The van der Waals surface area contributed by atoms with Gasteiger partial charge in [-0.2, -0.15) is 15.8 Å². The summed E-state index contributed by atoms with van der Waals surface area (Å²) in [5.41, 5.74) is 0.498. The summed E-state index contributed by atoms with van der Waals surface area (Å²) < 4.78 is 23.8. The zero-order chi connectivity index (χ0) is 25.3. The van der Waals surface area contributed by atoms with Gasteiger partial charge in [-0.05, 0) is 55.3 Å². The van der Waals surface area contributed by atoms with Crippen LogP contribution in [0, 0.1) is 34.0 Å². The van der Waals surface area contributed by atoms with E-state index < -0.39 is 0 Å². The number of hydrogen-bond donors (Lipinski definition) is 0. The maximum absolute atomic E-state index is 9.08. The van der Waals surface area contributed by atoms with E-state index in [0.717, 1.165) is 9.75 Å². The summed E-state index contributed by atoms with van der Waals surface area (Å²) in [5.74, 6) is 3.56. The lowest BCUT2D eigenvalue weighted by Gasteiger charge is -2.16. The van der Waals surface area contributed by atoms with Crippen LogP contribution in [0.4, 0.5) is 0 Å². The van der Waals surface area contributed by atoms with Crippen LogP contribution in [-0.2, 0) is 0 Å². The maximum atomic E-state index is 9.08. The molecule has 3 aromatic rings. The molecule has 36 heavy (non-hydrogen) atoms. The second kappa shape index (κ2) is 11.4. The van der Waals surface area contributed by atoms with Crippen molar-refractivity contribution in [3.05, 3.63) is 71.2 Å². The van der Waals surface area contributed by atoms with Crippen LogP contribution in [0.3, 0.4) is 0 Å².